The van der Waals surface area contributed by atoms with Gasteiger partial charge in [0.05, 0.1) is 13.3 Å². The predicted molar refractivity (Wildman–Crippen MR) is 67.9 cm³/mol. The van der Waals surface area contributed by atoms with Crippen molar-refractivity contribution in [3.8, 4) is 5.75 Å². The van der Waals surface area contributed by atoms with Crippen molar-refractivity contribution in [3.63, 3.8) is 0 Å². The number of nitrogens with zero attached hydrogens (tertiary/aromatic N) is 1. The summed E-state index contributed by atoms with van der Waals surface area (Å²) >= 11 is 0. The van der Waals surface area contributed by atoms with Crippen LogP contribution in [-0.2, 0) is 0 Å². The number of pyridine rings is 1. The van der Waals surface area contributed by atoms with E-state index in [0.29, 0.717) is 12.0 Å². The van der Waals surface area contributed by atoms with Gasteiger partial charge >= 0.3 is 0 Å². The Morgan fingerprint density at radius 2 is 2.35 bits per heavy atom. The summed E-state index contributed by atoms with van der Waals surface area (Å²) in [6.07, 6.45) is 9.74. The zero-order valence-electron chi connectivity index (χ0n) is 10.1. The second-order valence-electron chi connectivity index (χ2n) is 4.88. The van der Waals surface area contributed by atoms with Gasteiger partial charge < -0.3 is 10.1 Å². The molecule has 0 spiro atoms. The Labute approximate surface area is 102 Å². The number of rotatable bonds is 2. The lowest BCUT2D eigenvalue weighted by atomic mass is 9.78. The van der Waals surface area contributed by atoms with Gasteiger partial charge in [-0.05, 0) is 48.9 Å². The lowest BCUT2D eigenvalue weighted by molar-refractivity contribution is 0.339. The second kappa shape index (κ2) is 4.49. The Bertz CT molecular complexity index is 442. The second-order valence-corrected chi connectivity index (χ2v) is 4.88. The third-order valence-corrected chi connectivity index (χ3v) is 3.84. The largest absolute Gasteiger partial charge is 0.495 e. The highest BCUT2D eigenvalue weighted by molar-refractivity contribution is 5.68. The van der Waals surface area contributed by atoms with Gasteiger partial charge in [0.2, 0.25) is 0 Å². The van der Waals surface area contributed by atoms with E-state index < -0.39 is 0 Å². The first-order valence-electron chi connectivity index (χ1n) is 6.29. The van der Waals surface area contributed by atoms with Crippen LogP contribution in [0.2, 0.25) is 0 Å². The van der Waals surface area contributed by atoms with Gasteiger partial charge in [0.15, 0.2) is 0 Å². The van der Waals surface area contributed by atoms with Crippen LogP contribution in [-0.4, -0.2) is 24.7 Å². The molecule has 0 radical (unpaired) electrons. The van der Waals surface area contributed by atoms with Crippen molar-refractivity contribution in [2.75, 3.05) is 13.7 Å². The number of methoxy groups -OCH3 is 1. The fourth-order valence-electron chi connectivity index (χ4n) is 2.95. The molecule has 0 aromatic carbocycles. The number of allylic oxidation sites excluding steroid dienone is 1. The molecule has 2 aliphatic rings. The van der Waals surface area contributed by atoms with E-state index in [4.69, 9.17) is 4.74 Å². The van der Waals surface area contributed by atoms with Crippen LogP contribution in [0.1, 0.15) is 24.8 Å². The molecule has 2 heterocycles. The third-order valence-electron chi connectivity index (χ3n) is 3.84. The highest BCUT2D eigenvalue weighted by atomic mass is 16.5. The average molecular weight is 230 g/mol. The fourth-order valence-corrected chi connectivity index (χ4v) is 2.95. The van der Waals surface area contributed by atoms with Crippen LogP contribution in [0.25, 0.3) is 5.57 Å². The van der Waals surface area contributed by atoms with E-state index in [9.17, 15) is 0 Å². The molecular weight excluding hydrogens is 212 g/mol. The Hall–Kier alpha value is -1.35. The fraction of sp³-hybridized carbons (Fsp3) is 0.500. The SMILES string of the molecule is COc1cncc(C2=CCC3CC2CCN3)c1. The van der Waals surface area contributed by atoms with Gasteiger partial charge in [-0.3, -0.25) is 4.98 Å². The predicted octanol–water partition coefficient (Wildman–Crippen LogP) is 2.25. The molecular formula is C14H18N2O. The number of hydrogen-bond donors (Lipinski definition) is 1. The number of nitrogens with one attached hydrogen (secondary N) is 1. The van der Waals surface area contributed by atoms with Crippen LogP contribution < -0.4 is 10.1 Å². The van der Waals surface area contributed by atoms with E-state index in [1.54, 1.807) is 13.3 Å². The normalized spacial score (nSPS) is 27.5. The van der Waals surface area contributed by atoms with Gasteiger partial charge in [0, 0.05) is 12.2 Å². The summed E-state index contributed by atoms with van der Waals surface area (Å²) in [6.45, 7) is 1.14. The van der Waals surface area contributed by atoms with Gasteiger partial charge in [0.1, 0.15) is 5.75 Å². The molecule has 17 heavy (non-hydrogen) atoms. The van der Waals surface area contributed by atoms with E-state index in [0.717, 1.165) is 18.7 Å². The minimum atomic E-state index is 0.691. The van der Waals surface area contributed by atoms with E-state index in [1.165, 1.54) is 24.0 Å². The van der Waals surface area contributed by atoms with Crippen molar-refractivity contribution in [1.82, 2.24) is 10.3 Å². The molecule has 0 amide bonds. The molecule has 1 aliphatic heterocycles. The van der Waals surface area contributed by atoms with E-state index in [-0.39, 0.29) is 0 Å². The van der Waals surface area contributed by atoms with Crippen molar-refractivity contribution >= 4 is 5.57 Å². The Morgan fingerprint density at radius 3 is 3.24 bits per heavy atom. The average Bonchev–Trinajstić information content (AvgIpc) is 2.39. The number of aromatic nitrogens is 1. The Balaban J connectivity index is 1.92. The molecule has 2 atom stereocenters. The molecule has 1 saturated heterocycles. The summed E-state index contributed by atoms with van der Waals surface area (Å²) in [7, 11) is 1.69. The summed E-state index contributed by atoms with van der Waals surface area (Å²) in [4.78, 5) is 4.25. The first kappa shape index (κ1) is 10.8. The van der Waals surface area contributed by atoms with E-state index >= 15 is 0 Å². The third kappa shape index (κ3) is 2.07. The Morgan fingerprint density at radius 1 is 1.41 bits per heavy atom. The van der Waals surface area contributed by atoms with Crippen molar-refractivity contribution in [2.24, 2.45) is 5.92 Å². The van der Waals surface area contributed by atoms with E-state index in [2.05, 4.69) is 22.4 Å². The standard InChI is InChI=1S/C14H18N2O/c1-17-13-7-11(8-15-9-13)14-3-2-12-6-10(14)4-5-16-12/h3,7-10,12,16H,2,4-6H2,1H3. The maximum absolute atomic E-state index is 5.25. The number of hydrogen-bond acceptors (Lipinski definition) is 3. The zero-order chi connectivity index (χ0) is 11.7. The minimum Gasteiger partial charge on any atom is -0.495 e. The quantitative estimate of drug-likeness (QED) is 0.846. The molecule has 2 unspecified atom stereocenters. The van der Waals surface area contributed by atoms with Gasteiger partial charge in [0.25, 0.3) is 0 Å². The van der Waals surface area contributed by atoms with Crippen LogP contribution in [0.4, 0.5) is 0 Å². The van der Waals surface area contributed by atoms with Crippen molar-refractivity contribution in [2.45, 2.75) is 25.3 Å². The van der Waals surface area contributed by atoms with Crippen molar-refractivity contribution in [1.29, 1.82) is 0 Å². The van der Waals surface area contributed by atoms with Crippen LogP contribution in [0.15, 0.2) is 24.5 Å². The zero-order valence-corrected chi connectivity index (χ0v) is 10.1. The first-order valence-corrected chi connectivity index (χ1v) is 6.29. The lowest BCUT2D eigenvalue weighted by Crippen LogP contribution is -2.40. The molecule has 0 saturated carbocycles. The molecule has 1 N–H and O–H groups in total. The monoisotopic (exact) mass is 230 g/mol. The molecule has 3 rings (SSSR count). The molecule has 1 aromatic rings. The highest BCUT2D eigenvalue weighted by Crippen LogP contribution is 2.37. The smallest absolute Gasteiger partial charge is 0.137 e. The summed E-state index contributed by atoms with van der Waals surface area (Å²) in [5.41, 5.74) is 2.70. The van der Waals surface area contributed by atoms with Crippen LogP contribution >= 0.6 is 0 Å². The number of piperidine rings is 1. The van der Waals surface area contributed by atoms with E-state index in [1.807, 2.05) is 6.20 Å². The maximum atomic E-state index is 5.25. The van der Waals surface area contributed by atoms with Gasteiger partial charge in [-0.25, -0.2) is 0 Å². The molecule has 90 valence electrons. The maximum Gasteiger partial charge on any atom is 0.137 e. The van der Waals surface area contributed by atoms with Gasteiger partial charge in [-0.2, -0.15) is 0 Å². The van der Waals surface area contributed by atoms with Crippen molar-refractivity contribution in [3.05, 3.63) is 30.1 Å². The molecule has 3 nitrogen and oxygen atoms in total. The molecule has 3 heteroatoms. The summed E-state index contributed by atoms with van der Waals surface area (Å²) in [5, 5.41) is 3.56. The number of fused-ring (bicyclic) bond motifs is 2. The summed E-state index contributed by atoms with van der Waals surface area (Å²) in [5.74, 6) is 1.54. The highest BCUT2D eigenvalue weighted by Gasteiger charge is 2.28. The molecule has 1 aliphatic carbocycles. The first-order chi connectivity index (χ1) is 8.36. The number of ether oxygens (including phenoxy) is 1. The molecule has 2 bridgehead atoms. The van der Waals surface area contributed by atoms with Gasteiger partial charge in [-0.1, -0.05) is 6.08 Å². The molecule has 1 aromatic heterocycles. The summed E-state index contributed by atoms with van der Waals surface area (Å²) < 4.78 is 5.25. The van der Waals surface area contributed by atoms with Crippen LogP contribution in [0.3, 0.4) is 0 Å². The topological polar surface area (TPSA) is 34.1 Å². The summed E-state index contributed by atoms with van der Waals surface area (Å²) in [6, 6.07) is 2.79. The molecule has 1 fully saturated rings. The van der Waals surface area contributed by atoms with Gasteiger partial charge in [-0.15, -0.1) is 0 Å². The van der Waals surface area contributed by atoms with Crippen LogP contribution in [0, 0.1) is 5.92 Å². The lowest BCUT2D eigenvalue weighted by Gasteiger charge is -2.35. The Kier molecular flexibility index (Phi) is 2.85. The van der Waals surface area contributed by atoms with Crippen molar-refractivity contribution < 1.29 is 4.74 Å². The van der Waals surface area contributed by atoms with Crippen LogP contribution in [0.5, 0.6) is 5.75 Å². The minimum absolute atomic E-state index is 0.691.